The molecule has 1 aromatic heterocycles. The van der Waals surface area contributed by atoms with Gasteiger partial charge >= 0.3 is 0 Å². The minimum Gasteiger partial charge on any atom is -0.341 e. The van der Waals surface area contributed by atoms with Crippen LogP contribution in [0.25, 0.3) is 22.0 Å². The van der Waals surface area contributed by atoms with Crippen LogP contribution in [0.1, 0.15) is 36.2 Å². The maximum atomic E-state index is 12.9. The molecule has 0 saturated carbocycles. The second kappa shape index (κ2) is 6.66. The van der Waals surface area contributed by atoms with E-state index >= 15 is 0 Å². The maximum Gasteiger partial charge on any atom is 0.235 e. The summed E-state index contributed by atoms with van der Waals surface area (Å²) >= 11 is 0. The number of hydrogen-bond acceptors (Lipinski definition) is 2. The van der Waals surface area contributed by atoms with Gasteiger partial charge in [0.25, 0.3) is 0 Å². The molecule has 0 unspecified atom stereocenters. The van der Waals surface area contributed by atoms with Crippen molar-refractivity contribution in [2.45, 2.75) is 47.6 Å². The van der Waals surface area contributed by atoms with Crippen molar-refractivity contribution in [3.63, 3.8) is 0 Å². The maximum absolute atomic E-state index is 12.9. The zero-order valence-electron chi connectivity index (χ0n) is 17.3. The van der Waals surface area contributed by atoms with E-state index in [2.05, 4.69) is 62.6 Å². The summed E-state index contributed by atoms with van der Waals surface area (Å²) in [5, 5.41) is 1.16. The molecule has 4 nitrogen and oxygen atoms in total. The Balaban J connectivity index is 2.15. The first-order valence-corrected chi connectivity index (χ1v) is 11.6. The molecule has 148 valence electrons. The van der Waals surface area contributed by atoms with E-state index in [1.807, 2.05) is 0 Å². The van der Waals surface area contributed by atoms with Crippen LogP contribution in [0.5, 0.6) is 0 Å². The average Bonchev–Trinajstić information content (AvgIpc) is 3.02. The highest BCUT2D eigenvalue weighted by molar-refractivity contribution is 7.92. The predicted molar refractivity (Wildman–Crippen MR) is 118 cm³/mol. The Morgan fingerprint density at radius 1 is 1.00 bits per heavy atom. The summed E-state index contributed by atoms with van der Waals surface area (Å²) in [5.74, 6) is 0.120. The zero-order chi connectivity index (χ0) is 20.2. The molecule has 0 radical (unpaired) electrons. The van der Waals surface area contributed by atoms with E-state index in [0.29, 0.717) is 13.1 Å². The van der Waals surface area contributed by atoms with Crippen molar-refractivity contribution in [2.24, 2.45) is 0 Å². The molecule has 0 aliphatic carbocycles. The van der Waals surface area contributed by atoms with Crippen molar-refractivity contribution < 1.29 is 8.42 Å². The summed E-state index contributed by atoms with van der Waals surface area (Å²) in [6.45, 7) is 11.4. The Hall–Kier alpha value is -2.27. The average molecular weight is 397 g/mol. The first-order valence-electron chi connectivity index (χ1n) is 10.0. The molecular weight excluding hydrogens is 368 g/mol. The molecule has 0 spiro atoms. The van der Waals surface area contributed by atoms with Crippen LogP contribution in [0.4, 0.5) is 5.69 Å². The first kappa shape index (κ1) is 19.1. The third-order valence-corrected chi connectivity index (χ3v) is 7.84. The molecule has 5 heteroatoms. The minimum absolute atomic E-state index is 0.120. The summed E-state index contributed by atoms with van der Waals surface area (Å²) in [7, 11) is -3.31. The van der Waals surface area contributed by atoms with E-state index in [0.717, 1.165) is 28.6 Å². The number of rotatable bonds is 4. The van der Waals surface area contributed by atoms with E-state index in [9.17, 15) is 8.42 Å². The predicted octanol–water partition coefficient (Wildman–Crippen LogP) is 4.97. The van der Waals surface area contributed by atoms with Crippen molar-refractivity contribution in [2.75, 3.05) is 16.6 Å². The number of benzene rings is 2. The van der Waals surface area contributed by atoms with Crippen LogP contribution in [0.15, 0.2) is 30.3 Å². The number of nitrogens with zero attached hydrogens (tertiary/aromatic N) is 2. The minimum atomic E-state index is -3.31. The number of hydrogen-bond donors (Lipinski definition) is 0. The van der Waals surface area contributed by atoms with Gasteiger partial charge in [0.15, 0.2) is 0 Å². The van der Waals surface area contributed by atoms with Crippen LogP contribution in [-0.2, 0) is 23.0 Å². The molecule has 0 bridgehead atoms. The van der Waals surface area contributed by atoms with Crippen LogP contribution >= 0.6 is 0 Å². The van der Waals surface area contributed by atoms with Gasteiger partial charge in [-0.25, -0.2) is 8.42 Å². The van der Waals surface area contributed by atoms with Crippen molar-refractivity contribution in [3.8, 4) is 11.1 Å². The molecular formula is C23H28N2O2S. The van der Waals surface area contributed by atoms with Crippen LogP contribution in [0.3, 0.4) is 0 Å². The van der Waals surface area contributed by atoms with Gasteiger partial charge in [-0.3, -0.25) is 4.31 Å². The van der Waals surface area contributed by atoms with Crippen LogP contribution in [0.2, 0.25) is 0 Å². The van der Waals surface area contributed by atoms with Crippen molar-refractivity contribution >= 4 is 26.6 Å². The summed E-state index contributed by atoms with van der Waals surface area (Å²) in [6, 6.07) is 10.9. The highest BCUT2D eigenvalue weighted by atomic mass is 32.2. The van der Waals surface area contributed by atoms with Crippen molar-refractivity contribution in [1.29, 1.82) is 0 Å². The van der Waals surface area contributed by atoms with Gasteiger partial charge in [-0.15, -0.1) is 0 Å². The molecule has 3 aromatic rings. The molecule has 1 aliphatic heterocycles. The SMILES string of the molecule is CCc1c(C)c2c3c(cc(C)n3CCN2S(=O)(=O)CC)c1-c1ccc(C)cc1. The highest BCUT2D eigenvalue weighted by Gasteiger charge is 2.32. The van der Waals surface area contributed by atoms with Crippen LogP contribution < -0.4 is 4.31 Å². The molecule has 28 heavy (non-hydrogen) atoms. The highest BCUT2D eigenvalue weighted by Crippen LogP contribution is 2.45. The van der Waals surface area contributed by atoms with E-state index in [4.69, 9.17) is 0 Å². The third-order valence-electron chi connectivity index (χ3n) is 6.08. The molecule has 2 aromatic carbocycles. The Labute approximate surface area is 167 Å². The van der Waals surface area contributed by atoms with Gasteiger partial charge in [0, 0.05) is 17.6 Å². The van der Waals surface area contributed by atoms with Gasteiger partial charge < -0.3 is 4.57 Å². The number of aromatic nitrogens is 1. The molecule has 4 rings (SSSR count). The lowest BCUT2D eigenvalue weighted by molar-refractivity contribution is 0.584. The molecule has 0 saturated heterocycles. The van der Waals surface area contributed by atoms with E-state index in [-0.39, 0.29) is 5.75 Å². The fraction of sp³-hybridized carbons (Fsp3) is 0.391. The van der Waals surface area contributed by atoms with Gasteiger partial charge in [-0.2, -0.15) is 0 Å². The van der Waals surface area contributed by atoms with Crippen LogP contribution in [0, 0.1) is 20.8 Å². The molecule has 0 atom stereocenters. The quantitative estimate of drug-likeness (QED) is 0.625. The monoisotopic (exact) mass is 396 g/mol. The molecule has 1 aliphatic rings. The van der Waals surface area contributed by atoms with Crippen LogP contribution in [-0.4, -0.2) is 25.3 Å². The van der Waals surface area contributed by atoms with E-state index in [1.165, 1.54) is 27.9 Å². The number of aryl methyl sites for hydroxylation is 2. The Bertz CT molecular complexity index is 1170. The third kappa shape index (κ3) is 2.67. The summed E-state index contributed by atoms with van der Waals surface area (Å²) in [6.07, 6.45) is 0.863. The fourth-order valence-electron chi connectivity index (χ4n) is 4.62. The number of anilines is 1. The van der Waals surface area contributed by atoms with Gasteiger partial charge in [0.05, 0.1) is 23.5 Å². The van der Waals surface area contributed by atoms with Crippen molar-refractivity contribution in [3.05, 3.63) is 52.7 Å². The summed E-state index contributed by atoms with van der Waals surface area (Å²) in [5.41, 5.74) is 9.13. The largest absolute Gasteiger partial charge is 0.341 e. The summed E-state index contributed by atoms with van der Waals surface area (Å²) in [4.78, 5) is 0. The summed E-state index contributed by atoms with van der Waals surface area (Å²) < 4.78 is 29.7. The molecule has 0 N–H and O–H groups in total. The standard InChI is InChI=1S/C23H28N2O2S/c1-6-19-17(5)22-23-20(21(19)18-10-8-15(3)9-11-18)14-16(4)24(23)12-13-25(22)28(26,27)7-2/h8-11,14H,6-7,12-13H2,1-5H3. The Morgan fingerprint density at radius 2 is 1.68 bits per heavy atom. The van der Waals surface area contributed by atoms with Gasteiger partial charge in [0.1, 0.15) is 0 Å². The lowest BCUT2D eigenvalue weighted by Gasteiger charge is -2.33. The second-order valence-corrected chi connectivity index (χ2v) is 9.90. The topological polar surface area (TPSA) is 42.3 Å². The second-order valence-electron chi connectivity index (χ2n) is 7.72. The van der Waals surface area contributed by atoms with E-state index in [1.54, 1.807) is 11.2 Å². The zero-order valence-corrected chi connectivity index (χ0v) is 18.2. The Morgan fingerprint density at radius 3 is 2.29 bits per heavy atom. The smallest absolute Gasteiger partial charge is 0.235 e. The van der Waals surface area contributed by atoms with Crippen molar-refractivity contribution in [1.82, 2.24) is 4.57 Å². The normalized spacial score (nSPS) is 14.1. The fourth-order valence-corrected chi connectivity index (χ4v) is 5.79. The lowest BCUT2D eigenvalue weighted by atomic mass is 9.89. The molecule has 0 fully saturated rings. The lowest BCUT2D eigenvalue weighted by Crippen LogP contribution is -2.38. The van der Waals surface area contributed by atoms with Gasteiger partial charge in [0.2, 0.25) is 10.0 Å². The molecule has 0 amide bonds. The Kier molecular flexibility index (Phi) is 4.53. The van der Waals surface area contributed by atoms with Gasteiger partial charge in [-0.1, -0.05) is 36.8 Å². The first-order chi connectivity index (χ1) is 13.3. The number of sulfonamides is 1. The molecule has 2 heterocycles. The van der Waals surface area contributed by atoms with E-state index < -0.39 is 10.0 Å². The van der Waals surface area contributed by atoms with Gasteiger partial charge in [-0.05, 0) is 62.4 Å².